The average Bonchev–Trinajstić information content (AvgIpc) is 2.64. The first kappa shape index (κ1) is 20.6. The van der Waals surface area contributed by atoms with Crippen LogP contribution < -0.4 is 5.32 Å². The van der Waals surface area contributed by atoms with Crippen molar-refractivity contribution in [3.05, 3.63) is 70.8 Å². The van der Waals surface area contributed by atoms with Crippen LogP contribution in [0, 0.1) is 0 Å². The minimum absolute atomic E-state index is 0.0230. The van der Waals surface area contributed by atoms with E-state index in [4.69, 9.17) is 4.74 Å². The van der Waals surface area contributed by atoms with Crippen LogP contribution in [0.25, 0.3) is 0 Å². The predicted octanol–water partition coefficient (Wildman–Crippen LogP) is 3.57. The van der Waals surface area contributed by atoms with Gasteiger partial charge in [-0.3, -0.25) is 9.59 Å². The van der Waals surface area contributed by atoms with E-state index in [1.165, 1.54) is 0 Å². The molecule has 1 amide bonds. The summed E-state index contributed by atoms with van der Waals surface area (Å²) in [7, 11) is 3.23. The van der Waals surface area contributed by atoms with E-state index >= 15 is 0 Å². The quantitative estimate of drug-likeness (QED) is 0.424. The molecule has 0 radical (unpaired) electrons. The number of hydrogen-bond donors (Lipinski definition) is 1. The molecule has 1 unspecified atom stereocenters. The fourth-order valence-corrected chi connectivity index (χ4v) is 2.59. The van der Waals surface area contributed by atoms with E-state index in [2.05, 4.69) is 18.3 Å². The third-order valence-electron chi connectivity index (χ3n) is 3.82. The molecule has 25 heavy (non-hydrogen) atoms. The number of amides is 1. The lowest BCUT2D eigenvalue weighted by Crippen LogP contribution is -2.18. The van der Waals surface area contributed by atoms with Gasteiger partial charge in [0.15, 0.2) is 0 Å². The van der Waals surface area contributed by atoms with Crippen molar-refractivity contribution >= 4 is 12.2 Å². The minimum atomic E-state index is -0.203. The third-order valence-corrected chi connectivity index (χ3v) is 3.82. The van der Waals surface area contributed by atoms with E-state index < -0.39 is 0 Å². The Hall–Kier alpha value is -2.46. The average molecular weight is 341 g/mol. The van der Waals surface area contributed by atoms with Gasteiger partial charge in [0.05, 0.1) is 6.61 Å². The predicted molar refractivity (Wildman–Crippen MR) is 101 cm³/mol. The van der Waals surface area contributed by atoms with Crippen molar-refractivity contribution in [2.45, 2.75) is 26.2 Å². The molecule has 4 nitrogen and oxygen atoms in total. The number of nitrogens with one attached hydrogen (secondary N) is 1. The lowest BCUT2D eigenvalue weighted by molar-refractivity contribution is -0.117. The summed E-state index contributed by atoms with van der Waals surface area (Å²) in [6, 6.07) is 10.0. The Labute approximate surface area is 150 Å². The van der Waals surface area contributed by atoms with Gasteiger partial charge < -0.3 is 10.1 Å². The molecule has 1 N–H and O–H groups in total. The van der Waals surface area contributed by atoms with Crippen LogP contribution in [0.2, 0.25) is 0 Å². The van der Waals surface area contributed by atoms with Gasteiger partial charge in [0.1, 0.15) is 6.29 Å². The Morgan fingerprint density at radius 2 is 1.92 bits per heavy atom. The molecular formula is C21H27NO3. The van der Waals surface area contributed by atoms with Crippen LogP contribution in [-0.4, -0.2) is 33.0 Å². The summed E-state index contributed by atoms with van der Waals surface area (Å²) in [6.07, 6.45) is 7.13. The Morgan fingerprint density at radius 3 is 2.44 bits per heavy atom. The SMILES string of the molecule is CC/C=C(/C=C(C=O)\C=C(/C)C(=O)NC)C(COC)c1ccccc1. The van der Waals surface area contributed by atoms with Crippen LogP contribution in [0.3, 0.4) is 0 Å². The highest BCUT2D eigenvalue weighted by Crippen LogP contribution is 2.27. The normalized spacial score (nSPS) is 14.2. The molecule has 1 rings (SSSR count). The molecule has 0 bridgehead atoms. The molecule has 1 aromatic rings. The maximum atomic E-state index is 11.7. The molecule has 0 saturated heterocycles. The lowest BCUT2D eigenvalue weighted by atomic mass is 9.89. The van der Waals surface area contributed by atoms with Gasteiger partial charge in [0.25, 0.3) is 0 Å². The summed E-state index contributed by atoms with van der Waals surface area (Å²) < 4.78 is 5.40. The molecule has 0 aliphatic rings. The Morgan fingerprint density at radius 1 is 1.24 bits per heavy atom. The zero-order valence-electron chi connectivity index (χ0n) is 15.4. The van der Waals surface area contributed by atoms with Crippen molar-refractivity contribution in [3.63, 3.8) is 0 Å². The van der Waals surface area contributed by atoms with Gasteiger partial charge >= 0.3 is 0 Å². The summed E-state index contributed by atoms with van der Waals surface area (Å²) >= 11 is 0. The number of carbonyl (C=O) groups excluding carboxylic acids is 2. The molecule has 4 heteroatoms. The van der Waals surface area contributed by atoms with E-state index in [0.717, 1.165) is 23.8 Å². The molecule has 1 atom stereocenters. The summed E-state index contributed by atoms with van der Waals surface area (Å²) in [4.78, 5) is 23.2. The number of aldehydes is 1. The second kappa shape index (κ2) is 11.2. The fourth-order valence-electron chi connectivity index (χ4n) is 2.59. The first-order valence-electron chi connectivity index (χ1n) is 8.38. The zero-order valence-corrected chi connectivity index (χ0v) is 15.4. The van der Waals surface area contributed by atoms with Gasteiger partial charge in [0, 0.05) is 31.2 Å². The van der Waals surface area contributed by atoms with Crippen molar-refractivity contribution in [2.24, 2.45) is 0 Å². The highest BCUT2D eigenvalue weighted by molar-refractivity contribution is 5.95. The molecule has 0 aromatic heterocycles. The van der Waals surface area contributed by atoms with Crippen molar-refractivity contribution in [1.29, 1.82) is 0 Å². The van der Waals surface area contributed by atoms with Gasteiger partial charge in [-0.15, -0.1) is 0 Å². The van der Waals surface area contributed by atoms with Crippen LogP contribution in [0.4, 0.5) is 0 Å². The highest BCUT2D eigenvalue weighted by atomic mass is 16.5. The molecule has 0 spiro atoms. The van der Waals surface area contributed by atoms with Gasteiger partial charge in [-0.2, -0.15) is 0 Å². The molecule has 0 heterocycles. The molecule has 0 fully saturated rings. The fraction of sp³-hybridized carbons (Fsp3) is 0.333. The first-order chi connectivity index (χ1) is 12.1. The summed E-state index contributed by atoms with van der Waals surface area (Å²) in [5.74, 6) is -0.180. The Bertz CT molecular complexity index is 657. The molecule has 0 saturated carbocycles. The molecule has 1 aromatic carbocycles. The molecule has 0 aliphatic carbocycles. The highest BCUT2D eigenvalue weighted by Gasteiger charge is 2.15. The monoisotopic (exact) mass is 341 g/mol. The summed E-state index contributed by atoms with van der Waals surface area (Å²) in [5.41, 5.74) is 3.06. The van der Waals surface area contributed by atoms with Crippen molar-refractivity contribution in [1.82, 2.24) is 5.32 Å². The maximum absolute atomic E-state index is 11.7. The number of methoxy groups -OCH3 is 1. The second-order valence-corrected chi connectivity index (χ2v) is 5.70. The maximum Gasteiger partial charge on any atom is 0.246 e. The topological polar surface area (TPSA) is 55.4 Å². The van der Waals surface area contributed by atoms with Crippen molar-refractivity contribution in [2.75, 3.05) is 20.8 Å². The van der Waals surface area contributed by atoms with Crippen LogP contribution in [-0.2, 0) is 14.3 Å². The van der Waals surface area contributed by atoms with E-state index in [1.54, 1.807) is 27.2 Å². The Balaban J connectivity index is 3.29. The largest absolute Gasteiger partial charge is 0.384 e. The minimum Gasteiger partial charge on any atom is -0.384 e. The van der Waals surface area contributed by atoms with E-state index in [9.17, 15) is 9.59 Å². The van der Waals surface area contributed by atoms with Crippen molar-refractivity contribution < 1.29 is 14.3 Å². The molecule has 134 valence electrons. The Kier molecular flexibility index (Phi) is 9.19. The molecular weight excluding hydrogens is 314 g/mol. The smallest absolute Gasteiger partial charge is 0.246 e. The number of ether oxygens (including phenoxy) is 1. The first-order valence-corrected chi connectivity index (χ1v) is 8.38. The molecule has 0 aliphatic heterocycles. The van der Waals surface area contributed by atoms with Gasteiger partial charge in [-0.25, -0.2) is 0 Å². The van der Waals surface area contributed by atoms with Gasteiger partial charge in [-0.1, -0.05) is 43.3 Å². The number of allylic oxidation sites excluding steroid dienone is 4. The number of carbonyl (C=O) groups is 2. The third kappa shape index (κ3) is 6.51. The van der Waals surface area contributed by atoms with Crippen LogP contribution in [0.15, 0.2) is 65.3 Å². The van der Waals surface area contributed by atoms with Gasteiger partial charge in [-0.05, 0) is 36.6 Å². The van der Waals surface area contributed by atoms with Crippen LogP contribution in [0.1, 0.15) is 31.7 Å². The second-order valence-electron chi connectivity index (χ2n) is 5.70. The number of hydrogen-bond acceptors (Lipinski definition) is 3. The number of likely N-dealkylation sites (N-methyl/N-ethyl adjacent to an activating group) is 1. The summed E-state index contributed by atoms with van der Waals surface area (Å²) in [6.45, 7) is 4.24. The van der Waals surface area contributed by atoms with Crippen molar-refractivity contribution in [3.8, 4) is 0 Å². The van der Waals surface area contributed by atoms with Gasteiger partial charge in [0.2, 0.25) is 5.91 Å². The van der Waals surface area contributed by atoms with Crippen LogP contribution >= 0.6 is 0 Å². The van der Waals surface area contributed by atoms with E-state index in [1.807, 2.05) is 36.4 Å². The van der Waals surface area contributed by atoms with Crippen LogP contribution in [0.5, 0.6) is 0 Å². The summed E-state index contributed by atoms with van der Waals surface area (Å²) in [5, 5.41) is 2.56. The van der Waals surface area contributed by atoms with E-state index in [-0.39, 0.29) is 11.8 Å². The standard InChI is InChI=1S/C21H27NO3/c1-5-9-19(13-17(14-23)12-16(2)21(24)22-3)20(15-25-4)18-10-7-6-8-11-18/h6-14,20H,5,15H2,1-4H3,(H,22,24)/b16-12+,17-13+,19-9-. The zero-order chi connectivity index (χ0) is 18.7. The lowest BCUT2D eigenvalue weighted by Gasteiger charge is -2.19. The number of benzene rings is 1. The number of rotatable bonds is 9. The van der Waals surface area contributed by atoms with E-state index in [0.29, 0.717) is 17.8 Å².